The molecule has 0 unspecified atom stereocenters. The molecule has 0 atom stereocenters. The standard InChI is InChI=1S/C21H24N2O4/c1-26-19-11-17(12-20(13-19)27-2)22-21(25)14-23-9-7-16(8-10-23)15-3-5-18(24)6-4-15/h3-7,11-13,24H,8-10,14H2,1-2H3,(H,22,25). The lowest BCUT2D eigenvalue weighted by Gasteiger charge is -2.26. The predicted octanol–water partition coefficient (Wildman–Crippen LogP) is 3.14. The molecule has 2 aromatic carbocycles. The number of carbonyl (C=O) groups excluding carboxylic acids is 1. The Kier molecular flexibility index (Phi) is 5.98. The number of rotatable bonds is 6. The number of hydrogen-bond donors (Lipinski definition) is 2. The zero-order valence-electron chi connectivity index (χ0n) is 15.6. The van der Waals surface area contributed by atoms with Gasteiger partial charge in [-0.1, -0.05) is 18.2 Å². The molecule has 3 rings (SSSR count). The number of methoxy groups -OCH3 is 2. The Morgan fingerprint density at radius 1 is 1.11 bits per heavy atom. The van der Waals surface area contributed by atoms with Crippen molar-refractivity contribution < 1.29 is 19.4 Å². The average Bonchev–Trinajstić information content (AvgIpc) is 2.68. The molecule has 0 aromatic heterocycles. The van der Waals surface area contributed by atoms with Crippen LogP contribution in [0.25, 0.3) is 5.57 Å². The van der Waals surface area contributed by atoms with Crippen LogP contribution in [0.15, 0.2) is 48.5 Å². The molecule has 2 aromatic rings. The van der Waals surface area contributed by atoms with Gasteiger partial charge in [0.15, 0.2) is 0 Å². The second-order valence-electron chi connectivity index (χ2n) is 6.41. The summed E-state index contributed by atoms with van der Waals surface area (Å²) in [6.45, 7) is 1.84. The zero-order valence-corrected chi connectivity index (χ0v) is 15.6. The van der Waals surface area contributed by atoms with Crippen LogP contribution in [-0.4, -0.2) is 49.8 Å². The predicted molar refractivity (Wildman–Crippen MR) is 105 cm³/mol. The van der Waals surface area contributed by atoms with E-state index < -0.39 is 0 Å². The molecule has 1 aliphatic rings. The largest absolute Gasteiger partial charge is 0.508 e. The number of phenolic OH excluding ortho intramolecular Hbond substituents is 1. The van der Waals surface area contributed by atoms with Crippen molar-refractivity contribution in [1.82, 2.24) is 4.90 Å². The summed E-state index contributed by atoms with van der Waals surface area (Å²) in [5.74, 6) is 1.45. The number of anilines is 1. The van der Waals surface area contributed by atoms with E-state index in [1.165, 1.54) is 5.57 Å². The first-order valence-corrected chi connectivity index (χ1v) is 8.81. The van der Waals surface area contributed by atoms with E-state index >= 15 is 0 Å². The molecule has 0 saturated carbocycles. The van der Waals surface area contributed by atoms with Crippen molar-refractivity contribution in [3.8, 4) is 17.2 Å². The van der Waals surface area contributed by atoms with Crippen molar-refractivity contribution in [2.75, 3.05) is 39.2 Å². The van der Waals surface area contributed by atoms with Gasteiger partial charge in [-0.25, -0.2) is 0 Å². The summed E-state index contributed by atoms with van der Waals surface area (Å²) in [5, 5.41) is 12.3. The molecule has 1 aliphatic heterocycles. The molecule has 0 saturated heterocycles. The molecule has 142 valence electrons. The van der Waals surface area contributed by atoms with Gasteiger partial charge in [-0.15, -0.1) is 0 Å². The van der Waals surface area contributed by atoms with Gasteiger partial charge in [0.2, 0.25) is 5.91 Å². The maximum Gasteiger partial charge on any atom is 0.238 e. The first-order chi connectivity index (χ1) is 13.1. The molecule has 0 radical (unpaired) electrons. The second-order valence-corrected chi connectivity index (χ2v) is 6.41. The number of aromatic hydroxyl groups is 1. The minimum Gasteiger partial charge on any atom is -0.508 e. The van der Waals surface area contributed by atoms with Crippen LogP contribution in [0, 0.1) is 0 Å². The highest BCUT2D eigenvalue weighted by atomic mass is 16.5. The average molecular weight is 368 g/mol. The summed E-state index contributed by atoms with van der Waals surface area (Å²) in [7, 11) is 3.15. The summed E-state index contributed by atoms with van der Waals surface area (Å²) < 4.78 is 10.4. The fraction of sp³-hybridized carbons (Fsp3) is 0.286. The van der Waals surface area contributed by atoms with Gasteiger partial charge < -0.3 is 19.9 Å². The Bertz CT molecular complexity index is 808. The van der Waals surface area contributed by atoms with Gasteiger partial charge in [-0.2, -0.15) is 0 Å². The molecule has 0 spiro atoms. The van der Waals surface area contributed by atoms with Gasteiger partial charge in [0.25, 0.3) is 0 Å². The summed E-state index contributed by atoms with van der Waals surface area (Å²) >= 11 is 0. The topological polar surface area (TPSA) is 71.0 Å². The number of carbonyl (C=O) groups is 1. The van der Waals surface area contributed by atoms with E-state index in [1.54, 1.807) is 44.6 Å². The van der Waals surface area contributed by atoms with Gasteiger partial charge in [0, 0.05) is 37.0 Å². The minimum absolute atomic E-state index is 0.0770. The number of benzene rings is 2. The van der Waals surface area contributed by atoms with Crippen LogP contribution in [0.2, 0.25) is 0 Å². The molecule has 2 N–H and O–H groups in total. The third-order valence-electron chi connectivity index (χ3n) is 4.53. The molecule has 6 heteroatoms. The Morgan fingerprint density at radius 3 is 2.33 bits per heavy atom. The normalized spacial score (nSPS) is 14.4. The molecule has 1 amide bonds. The van der Waals surface area contributed by atoms with E-state index in [9.17, 15) is 9.90 Å². The first kappa shape index (κ1) is 18.8. The van der Waals surface area contributed by atoms with Gasteiger partial charge >= 0.3 is 0 Å². The summed E-state index contributed by atoms with van der Waals surface area (Å²) in [5.41, 5.74) is 3.00. The highest BCUT2D eigenvalue weighted by molar-refractivity contribution is 5.92. The summed E-state index contributed by atoms with van der Waals surface area (Å²) in [4.78, 5) is 14.5. The minimum atomic E-state index is -0.0770. The fourth-order valence-electron chi connectivity index (χ4n) is 3.08. The summed E-state index contributed by atoms with van der Waals surface area (Å²) in [6.07, 6.45) is 3.00. The van der Waals surface area contributed by atoms with Gasteiger partial charge in [-0.3, -0.25) is 9.69 Å². The molecule has 1 heterocycles. The molecular weight excluding hydrogens is 344 g/mol. The van der Waals surface area contributed by atoms with Crippen molar-refractivity contribution in [2.45, 2.75) is 6.42 Å². The molecular formula is C21H24N2O4. The fourth-order valence-corrected chi connectivity index (χ4v) is 3.08. The van der Waals surface area contributed by atoms with Crippen LogP contribution in [-0.2, 0) is 4.79 Å². The second kappa shape index (κ2) is 8.60. The third kappa shape index (κ3) is 5.01. The van der Waals surface area contributed by atoms with Gasteiger partial charge in [0.05, 0.1) is 20.8 Å². The Labute approximate surface area is 159 Å². The number of phenols is 1. The number of nitrogens with zero attached hydrogens (tertiary/aromatic N) is 1. The number of nitrogens with one attached hydrogen (secondary N) is 1. The van der Waals surface area contributed by atoms with E-state index in [2.05, 4.69) is 16.3 Å². The molecule has 6 nitrogen and oxygen atoms in total. The van der Waals surface area contributed by atoms with Crippen LogP contribution >= 0.6 is 0 Å². The molecule has 0 bridgehead atoms. The zero-order chi connectivity index (χ0) is 19.2. The summed E-state index contributed by atoms with van der Waals surface area (Å²) in [6, 6.07) is 12.5. The smallest absolute Gasteiger partial charge is 0.238 e. The maximum absolute atomic E-state index is 12.4. The number of amides is 1. The van der Waals surface area contributed by atoms with E-state index in [1.807, 2.05) is 12.1 Å². The Morgan fingerprint density at radius 2 is 1.78 bits per heavy atom. The Balaban J connectivity index is 1.57. The van der Waals surface area contributed by atoms with Crippen LogP contribution < -0.4 is 14.8 Å². The van der Waals surface area contributed by atoms with Crippen LogP contribution in [0.4, 0.5) is 5.69 Å². The van der Waals surface area contributed by atoms with Gasteiger partial charge in [0.1, 0.15) is 17.2 Å². The maximum atomic E-state index is 12.4. The quantitative estimate of drug-likeness (QED) is 0.820. The molecule has 0 fully saturated rings. The van der Waals surface area contributed by atoms with Crippen molar-refractivity contribution in [1.29, 1.82) is 0 Å². The molecule has 0 aliphatic carbocycles. The van der Waals surface area contributed by atoms with E-state index in [0.29, 0.717) is 30.3 Å². The van der Waals surface area contributed by atoms with Crippen LogP contribution in [0.1, 0.15) is 12.0 Å². The van der Waals surface area contributed by atoms with Crippen molar-refractivity contribution >= 4 is 17.2 Å². The highest BCUT2D eigenvalue weighted by Crippen LogP contribution is 2.26. The highest BCUT2D eigenvalue weighted by Gasteiger charge is 2.16. The lowest BCUT2D eigenvalue weighted by Crippen LogP contribution is -2.36. The van der Waals surface area contributed by atoms with Crippen molar-refractivity contribution in [3.05, 3.63) is 54.1 Å². The lowest BCUT2D eigenvalue weighted by atomic mass is 9.99. The monoisotopic (exact) mass is 368 g/mol. The van der Waals surface area contributed by atoms with E-state index in [0.717, 1.165) is 18.5 Å². The molecule has 27 heavy (non-hydrogen) atoms. The Hall–Kier alpha value is -2.99. The van der Waals surface area contributed by atoms with E-state index in [-0.39, 0.29) is 11.7 Å². The van der Waals surface area contributed by atoms with Crippen LogP contribution in [0.3, 0.4) is 0 Å². The SMILES string of the molecule is COc1cc(NC(=O)CN2CC=C(c3ccc(O)cc3)CC2)cc(OC)c1. The number of hydrogen-bond acceptors (Lipinski definition) is 5. The van der Waals surface area contributed by atoms with Crippen molar-refractivity contribution in [2.24, 2.45) is 0 Å². The van der Waals surface area contributed by atoms with Crippen LogP contribution in [0.5, 0.6) is 17.2 Å². The number of ether oxygens (including phenoxy) is 2. The van der Waals surface area contributed by atoms with E-state index in [4.69, 9.17) is 9.47 Å². The van der Waals surface area contributed by atoms with Gasteiger partial charge in [-0.05, 0) is 29.7 Å². The third-order valence-corrected chi connectivity index (χ3v) is 4.53. The van der Waals surface area contributed by atoms with Crippen molar-refractivity contribution in [3.63, 3.8) is 0 Å². The first-order valence-electron chi connectivity index (χ1n) is 8.81. The lowest BCUT2D eigenvalue weighted by molar-refractivity contribution is -0.117.